The zero-order valence-electron chi connectivity index (χ0n) is 8.81. The van der Waals surface area contributed by atoms with Gasteiger partial charge in [-0.15, -0.1) is 0 Å². The summed E-state index contributed by atoms with van der Waals surface area (Å²) in [6.07, 6.45) is 1.66. The van der Waals surface area contributed by atoms with Gasteiger partial charge in [-0.25, -0.2) is 4.98 Å². The van der Waals surface area contributed by atoms with Crippen LogP contribution in [0.2, 0.25) is 5.02 Å². The van der Waals surface area contributed by atoms with Gasteiger partial charge in [0.15, 0.2) is 5.13 Å². The molecule has 0 aliphatic carbocycles. The van der Waals surface area contributed by atoms with Gasteiger partial charge in [-0.05, 0) is 24.3 Å². The van der Waals surface area contributed by atoms with E-state index in [1.165, 1.54) is 0 Å². The molecule has 0 saturated heterocycles. The van der Waals surface area contributed by atoms with Gasteiger partial charge in [-0.3, -0.25) is 0 Å². The van der Waals surface area contributed by atoms with Crippen LogP contribution in [0.15, 0.2) is 41.0 Å². The third-order valence-electron chi connectivity index (χ3n) is 2.36. The van der Waals surface area contributed by atoms with Gasteiger partial charge >= 0.3 is 0 Å². The molecule has 1 N–H and O–H groups in total. The Morgan fingerprint density at radius 3 is 3.00 bits per heavy atom. The summed E-state index contributed by atoms with van der Waals surface area (Å²) < 4.78 is 6.25. The number of hydrogen-bond donors (Lipinski definition) is 1. The summed E-state index contributed by atoms with van der Waals surface area (Å²) in [5.41, 5.74) is 0.921. The maximum atomic E-state index is 6.09. The average Bonchev–Trinajstić information content (AvgIpc) is 2.95. The minimum Gasteiger partial charge on any atom is -0.467 e. The highest BCUT2D eigenvalue weighted by Gasteiger charge is 2.06. The number of benzene rings is 1. The Labute approximate surface area is 107 Å². The first-order valence-electron chi connectivity index (χ1n) is 5.14. The van der Waals surface area contributed by atoms with Gasteiger partial charge in [-0.2, -0.15) is 0 Å². The van der Waals surface area contributed by atoms with Crippen LogP contribution in [0.3, 0.4) is 0 Å². The van der Waals surface area contributed by atoms with Crippen molar-refractivity contribution in [2.75, 3.05) is 5.32 Å². The van der Waals surface area contributed by atoms with Gasteiger partial charge in [0.2, 0.25) is 0 Å². The molecule has 1 aromatic carbocycles. The molecule has 0 spiro atoms. The number of anilines is 1. The smallest absolute Gasteiger partial charge is 0.184 e. The van der Waals surface area contributed by atoms with E-state index >= 15 is 0 Å². The fourth-order valence-corrected chi connectivity index (χ4v) is 2.72. The van der Waals surface area contributed by atoms with Crippen molar-refractivity contribution < 1.29 is 4.42 Å². The summed E-state index contributed by atoms with van der Waals surface area (Å²) in [4.78, 5) is 4.45. The number of nitrogens with zero attached hydrogens (tertiary/aromatic N) is 1. The number of halogens is 1. The maximum absolute atomic E-state index is 6.09. The second kappa shape index (κ2) is 4.39. The van der Waals surface area contributed by atoms with E-state index in [1.807, 2.05) is 30.3 Å². The van der Waals surface area contributed by atoms with Crippen LogP contribution in [0.25, 0.3) is 10.2 Å². The van der Waals surface area contributed by atoms with Gasteiger partial charge in [0.1, 0.15) is 5.76 Å². The van der Waals surface area contributed by atoms with Gasteiger partial charge in [0, 0.05) is 0 Å². The van der Waals surface area contributed by atoms with Crippen LogP contribution in [0.1, 0.15) is 5.76 Å². The fourth-order valence-electron chi connectivity index (χ4n) is 1.57. The van der Waals surface area contributed by atoms with Gasteiger partial charge in [0.05, 0.1) is 28.0 Å². The number of hydrogen-bond acceptors (Lipinski definition) is 4. The summed E-state index contributed by atoms with van der Waals surface area (Å²) in [5, 5.41) is 4.81. The first kappa shape index (κ1) is 10.6. The van der Waals surface area contributed by atoms with E-state index in [-0.39, 0.29) is 0 Å². The number of thiazole rings is 1. The zero-order valence-corrected chi connectivity index (χ0v) is 10.4. The molecule has 5 heteroatoms. The summed E-state index contributed by atoms with van der Waals surface area (Å²) >= 11 is 7.64. The lowest BCUT2D eigenvalue weighted by Crippen LogP contribution is -1.96. The summed E-state index contributed by atoms with van der Waals surface area (Å²) in [7, 11) is 0. The van der Waals surface area contributed by atoms with E-state index in [1.54, 1.807) is 17.6 Å². The average molecular weight is 265 g/mol. The first-order valence-corrected chi connectivity index (χ1v) is 6.34. The van der Waals surface area contributed by atoms with Crippen LogP contribution in [-0.4, -0.2) is 4.98 Å². The summed E-state index contributed by atoms with van der Waals surface area (Å²) in [5.74, 6) is 0.885. The highest BCUT2D eigenvalue weighted by Crippen LogP contribution is 2.31. The van der Waals surface area contributed by atoms with Gasteiger partial charge in [0.25, 0.3) is 0 Å². The molecular weight excluding hydrogens is 256 g/mol. The normalized spacial score (nSPS) is 10.9. The van der Waals surface area contributed by atoms with Crippen molar-refractivity contribution in [3.05, 3.63) is 47.4 Å². The Morgan fingerprint density at radius 2 is 2.24 bits per heavy atom. The predicted octanol–water partition coefficient (Wildman–Crippen LogP) is 4.15. The van der Waals surface area contributed by atoms with Crippen molar-refractivity contribution in [1.29, 1.82) is 0 Å². The highest BCUT2D eigenvalue weighted by molar-refractivity contribution is 7.22. The van der Waals surface area contributed by atoms with Gasteiger partial charge in [-0.1, -0.05) is 29.0 Å². The van der Waals surface area contributed by atoms with Crippen LogP contribution >= 0.6 is 22.9 Å². The largest absolute Gasteiger partial charge is 0.467 e. The quantitative estimate of drug-likeness (QED) is 0.772. The standard InChI is InChI=1S/C12H9ClN2OS/c13-9-4-1-5-10-11(9)17-12(15-10)14-7-8-3-2-6-16-8/h1-6H,7H2,(H,14,15). The summed E-state index contributed by atoms with van der Waals surface area (Å²) in [6, 6.07) is 9.52. The molecule has 0 aliphatic rings. The Balaban J connectivity index is 1.84. The molecule has 17 heavy (non-hydrogen) atoms. The second-order valence-electron chi connectivity index (χ2n) is 3.54. The monoisotopic (exact) mass is 264 g/mol. The number of fused-ring (bicyclic) bond motifs is 1. The molecule has 0 unspecified atom stereocenters. The van der Waals surface area contributed by atoms with Crippen LogP contribution < -0.4 is 5.32 Å². The van der Waals surface area contributed by atoms with Crippen LogP contribution in [0, 0.1) is 0 Å². The van der Waals surface area contributed by atoms with Gasteiger partial charge < -0.3 is 9.73 Å². The van der Waals surface area contributed by atoms with E-state index in [0.717, 1.165) is 26.1 Å². The van der Waals surface area contributed by atoms with E-state index in [0.29, 0.717) is 6.54 Å². The van der Waals surface area contributed by atoms with E-state index in [4.69, 9.17) is 16.0 Å². The maximum Gasteiger partial charge on any atom is 0.184 e. The SMILES string of the molecule is Clc1cccc2nc(NCc3ccco3)sc12. The van der Waals surface area contributed by atoms with Crippen molar-refractivity contribution in [1.82, 2.24) is 4.98 Å². The number of nitrogens with one attached hydrogen (secondary N) is 1. The first-order chi connectivity index (χ1) is 8.33. The molecule has 3 aromatic rings. The topological polar surface area (TPSA) is 38.1 Å². The van der Waals surface area contributed by atoms with E-state index < -0.39 is 0 Å². The molecular formula is C12H9ClN2OS. The minimum atomic E-state index is 0.629. The predicted molar refractivity (Wildman–Crippen MR) is 70.7 cm³/mol. The van der Waals surface area contributed by atoms with Crippen molar-refractivity contribution in [2.24, 2.45) is 0 Å². The molecule has 2 aromatic heterocycles. The Bertz CT molecular complexity index is 633. The van der Waals surface area contributed by atoms with Crippen LogP contribution in [0.4, 0.5) is 5.13 Å². The Kier molecular flexibility index (Phi) is 2.74. The Hall–Kier alpha value is -1.52. The lowest BCUT2D eigenvalue weighted by molar-refractivity contribution is 0.518. The lowest BCUT2D eigenvalue weighted by atomic mass is 10.3. The van der Waals surface area contributed by atoms with Crippen molar-refractivity contribution in [3.8, 4) is 0 Å². The van der Waals surface area contributed by atoms with Crippen LogP contribution in [0.5, 0.6) is 0 Å². The zero-order chi connectivity index (χ0) is 11.7. The molecule has 0 saturated carbocycles. The molecule has 0 amide bonds. The molecule has 86 valence electrons. The lowest BCUT2D eigenvalue weighted by Gasteiger charge is -1.97. The third-order valence-corrected chi connectivity index (χ3v) is 3.85. The molecule has 0 radical (unpaired) electrons. The van der Waals surface area contributed by atoms with Crippen molar-refractivity contribution in [3.63, 3.8) is 0 Å². The summed E-state index contributed by atoms with van der Waals surface area (Å²) in [6.45, 7) is 0.629. The highest BCUT2D eigenvalue weighted by atomic mass is 35.5. The van der Waals surface area contributed by atoms with Crippen molar-refractivity contribution in [2.45, 2.75) is 6.54 Å². The molecule has 3 rings (SSSR count). The Morgan fingerprint density at radius 1 is 1.29 bits per heavy atom. The molecule has 2 heterocycles. The molecule has 0 aliphatic heterocycles. The second-order valence-corrected chi connectivity index (χ2v) is 4.95. The molecule has 0 fully saturated rings. The van der Waals surface area contributed by atoms with Crippen molar-refractivity contribution >= 4 is 38.3 Å². The number of furan rings is 1. The molecule has 3 nitrogen and oxygen atoms in total. The molecule has 0 atom stereocenters. The molecule has 0 bridgehead atoms. The van der Waals surface area contributed by atoms with E-state index in [9.17, 15) is 0 Å². The third kappa shape index (κ3) is 2.14. The number of rotatable bonds is 3. The minimum absolute atomic E-state index is 0.629. The van der Waals surface area contributed by atoms with E-state index in [2.05, 4.69) is 10.3 Å². The van der Waals surface area contributed by atoms with Crippen LogP contribution in [-0.2, 0) is 6.54 Å². The number of aromatic nitrogens is 1. The fraction of sp³-hybridized carbons (Fsp3) is 0.0833.